The van der Waals surface area contributed by atoms with Crippen LogP contribution in [0.5, 0.6) is 0 Å². The van der Waals surface area contributed by atoms with Crippen LogP contribution in [0.4, 0.5) is 11.4 Å². The second-order valence-corrected chi connectivity index (χ2v) is 4.64. The molecule has 0 spiro atoms. The third kappa shape index (κ3) is 3.52. The van der Waals surface area contributed by atoms with E-state index in [1.807, 2.05) is 25.2 Å². The number of hydrogen-bond donors (Lipinski definition) is 1. The first-order valence-corrected chi connectivity index (χ1v) is 6.17. The largest absolute Gasteiger partial charge is 0.393 e. The molecule has 0 fully saturated rings. The monoisotopic (exact) mass is 272 g/mol. The van der Waals surface area contributed by atoms with E-state index < -0.39 is 4.92 Å². The summed E-state index contributed by atoms with van der Waals surface area (Å²) in [5, 5.41) is 10.7. The predicted octanol–water partition coefficient (Wildman–Crippen LogP) is 2.20. The van der Waals surface area contributed by atoms with Gasteiger partial charge in [0.25, 0.3) is 5.69 Å². The van der Waals surface area contributed by atoms with E-state index in [4.69, 9.17) is 5.73 Å². The zero-order valence-electron chi connectivity index (χ0n) is 11.2. The van der Waals surface area contributed by atoms with Crippen molar-refractivity contribution in [3.05, 3.63) is 64.0 Å². The van der Waals surface area contributed by atoms with E-state index in [-0.39, 0.29) is 11.4 Å². The molecule has 0 aliphatic rings. The van der Waals surface area contributed by atoms with Crippen LogP contribution in [0.3, 0.4) is 0 Å². The molecular formula is C14H16N4O2. The number of aromatic nitrogens is 1. The highest BCUT2D eigenvalue weighted by Gasteiger charge is 2.12. The van der Waals surface area contributed by atoms with Crippen LogP contribution >= 0.6 is 0 Å². The maximum Gasteiger partial charge on any atom is 0.292 e. The number of nitro groups is 1. The summed E-state index contributed by atoms with van der Waals surface area (Å²) >= 11 is 0. The molecule has 0 atom stereocenters. The Hall–Kier alpha value is -2.47. The molecule has 20 heavy (non-hydrogen) atoms. The lowest BCUT2D eigenvalue weighted by Crippen LogP contribution is -2.18. The number of nitrogens with two attached hydrogens (primary N) is 1. The Bertz CT molecular complexity index is 601. The quantitative estimate of drug-likeness (QED) is 0.512. The molecule has 104 valence electrons. The summed E-state index contributed by atoms with van der Waals surface area (Å²) in [6.45, 7) is 1.36. The Kier molecular flexibility index (Phi) is 4.27. The van der Waals surface area contributed by atoms with Gasteiger partial charge in [0.05, 0.1) is 10.6 Å². The van der Waals surface area contributed by atoms with Crippen LogP contribution in [0.25, 0.3) is 0 Å². The van der Waals surface area contributed by atoms with Crippen LogP contribution in [-0.2, 0) is 13.1 Å². The normalized spacial score (nSPS) is 10.7. The van der Waals surface area contributed by atoms with Crippen molar-refractivity contribution in [2.45, 2.75) is 13.1 Å². The van der Waals surface area contributed by atoms with E-state index in [2.05, 4.69) is 9.88 Å². The molecule has 0 radical (unpaired) electrons. The molecule has 2 rings (SSSR count). The van der Waals surface area contributed by atoms with Gasteiger partial charge in [0.1, 0.15) is 5.69 Å². The van der Waals surface area contributed by atoms with Crippen molar-refractivity contribution in [3.8, 4) is 0 Å². The minimum absolute atomic E-state index is 0.0545. The van der Waals surface area contributed by atoms with Gasteiger partial charge in [0.15, 0.2) is 0 Å². The molecule has 0 saturated heterocycles. The Labute approximate surface area is 117 Å². The van der Waals surface area contributed by atoms with Crippen molar-refractivity contribution in [1.82, 2.24) is 9.88 Å². The molecule has 0 bridgehead atoms. The summed E-state index contributed by atoms with van der Waals surface area (Å²) in [5.41, 5.74) is 7.73. The van der Waals surface area contributed by atoms with Crippen molar-refractivity contribution < 1.29 is 4.92 Å². The van der Waals surface area contributed by atoms with E-state index in [1.54, 1.807) is 18.3 Å². The molecule has 1 aromatic heterocycles. The van der Waals surface area contributed by atoms with Gasteiger partial charge in [0, 0.05) is 25.4 Å². The number of rotatable bonds is 5. The molecular weight excluding hydrogens is 256 g/mol. The molecule has 2 N–H and O–H groups in total. The van der Waals surface area contributed by atoms with Crippen molar-refractivity contribution in [1.29, 1.82) is 0 Å². The van der Waals surface area contributed by atoms with Crippen molar-refractivity contribution >= 4 is 11.4 Å². The Morgan fingerprint density at radius 3 is 2.70 bits per heavy atom. The number of hydrogen-bond acceptors (Lipinski definition) is 5. The molecule has 6 nitrogen and oxygen atoms in total. The Balaban J connectivity index is 2.03. The van der Waals surface area contributed by atoms with Crippen LogP contribution in [0.15, 0.2) is 42.6 Å². The number of nitro benzene ring substituents is 1. The van der Waals surface area contributed by atoms with Gasteiger partial charge in [-0.15, -0.1) is 0 Å². The van der Waals surface area contributed by atoms with E-state index >= 15 is 0 Å². The number of nitrogen functional groups attached to an aromatic ring is 1. The second-order valence-electron chi connectivity index (χ2n) is 4.64. The molecule has 2 aromatic rings. The average Bonchev–Trinajstić information content (AvgIpc) is 2.39. The molecule has 0 aliphatic carbocycles. The fraction of sp³-hybridized carbons (Fsp3) is 0.214. The van der Waals surface area contributed by atoms with Crippen LogP contribution in [-0.4, -0.2) is 21.9 Å². The van der Waals surface area contributed by atoms with Crippen molar-refractivity contribution in [3.63, 3.8) is 0 Å². The van der Waals surface area contributed by atoms with Gasteiger partial charge < -0.3 is 5.73 Å². The van der Waals surface area contributed by atoms with Gasteiger partial charge in [0.2, 0.25) is 0 Å². The van der Waals surface area contributed by atoms with Crippen LogP contribution in [0.1, 0.15) is 11.3 Å². The first-order valence-electron chi connectivity index (χ1n) is 6.17. The van der Waals surface area contributed by atoms with Gasteiger partial charge in [-0.3, -0.25) is 20.0 Å². The zero-order valence-corrected chi connectivity index (χ0v) is 11.2. The molecule has 6 heteroatoms. The first kappa shape index (κ1) is 14.0. The maximum atomic E-state index is 10.7. The summed E-state index contributed by atoms with van der Waals surface area (Å²) in [7, 11) is 1.96. The lowest BCUT2D eigenvalue weighted by Gasteiger charge is -2.16. The third-order valence-electron chi connectivity index (χ3n) is 2.90. The summed E-state index contributed by atoms with van der Waals surface area (Å²) in [4.78, 5) is 16.6. The topological polar surface area (TPSA) is 85.3 Å². The van der Waals surface area contributed by atoms with Crippen molar-refractivity contribution in [2.24, 2.45) is 0 Å². The smallest absolute Gasteiger partial charge is 0.292 e. The van der Waals surface area contributed by atoms with Gasteiger partial charge in [-0.1, -0.05) is 12.1 Å². The number of pyridine rings is 1. The average molecular weight is 272 g/mol. The van der Waals surface area contributed by atoms with Gasteiger partial charge in [-0.25, -0.2) is 0 Å². The van der Waals surface area contributed by atoms with Gasteiger partial charge in [-0.05, 0) is 30.8 Å². The predicted molar refractivity (Wildman–Crippen MR) is 76.9 cm³/mol. The van der Waals surface area contributed by atoms with Gasteiger partial charge >= 0.3 is 0 Å². The number of nitrogens with zero attached hydrogens (tertiary/aromatic N) is 3. The highest BCUT2D eigenvalue weighted by molar-refractivity contribution is 5.59. The third-order valence-corrected chi connectivity index (χ3v) is 2.90. The maximum absolute atomic E-state index is 10.7. The Morgan fingerprint density at radius 1 is 1.30 bits per heavy atom. The standard InChI is InChI=1S/C14H16N4O2/c1-17(10-12-4-2-3-7-16-12)9-11-5-6-14(18(19)20)13(15)8-11/h2-8H,9-10,15H2,1H3. The molecule has 0 saturated carbocycles. The highest BCUT2D eigenvalue weighted by Crippen LogP contribution is 2.22. The Morgan fingerprint density at radius 2 is 2.10 bits per heavy atom. The SMILES string of the molecule is CN(Cc1ccc([N+](=O)[O-])c(N)c1)Cc1ccccn1. The van der Waals surface area contributed by atoms with E-state index in [0.717, 1.165) is 11.3 Å². The first-order chi connectivity index (χ1) is 9.56. The van der Waals surface area contributed by atoms with Crippen molar-refractivity contribution in [2.75, 3.05) is 12.8 Å². The number of anilines is 1. The summed E-state index contributed by atoms with van der Waals surface area (Å²) < 4.78 is 0. The molecule has 1 heterocycles. The summed E-state index contributed by atoms with van der Waals surface area (Å²) in [6.07, 6.45) is 1.76. The minimum Gasteiger partial charge on any atom is -0.393 e. The second kappa shape index (κ2) is 6.12. The van der Waals surface area contributed by atoms with E-state index in [1.165, 1.54) is 6.07 Å². The lowest BCUT2D eigenvalue weighted by atomic mass is 10.1. The fourth-order valence-electron chi connectivity index (χ4n) is 2.00. The summed E-state index contributed by atoms with van der Waals surface area (Å²) in [6, 6.07) is 10.6. The lowest BCUT2D eigenvalue weighted by molar-refractivity contribution is -0.383. The highest BCUT2D eigenvalue weighted by atomic mass is 16.6. The molecule has 1 aromatic carbocycles. The molecule has 0 unspecified atom stereocenters. The van der Waals surface area contributed by atoms with Crippen LogP contribution in [0.2, 0.25) is 0 Å². The van der Waals surface area contributed by atoms with Crippen LogP contribution in [0, 0.1) is 10.1 Å². The number of benzene rings is 1. The van der Waals surface area contributed by atoms with E-state index in [0.29, 0.717) is 13.1 Å². The van der Waals surface area contributed by atoms with E-state index in [9.17, 15) is 10.1 Å². The fourth-order valence-corrected chi connectivity index (χ4v) is 2.00. The van der Waals surface area contributed by atoms with Crippen LogP contribution < -0.4 is 5.73 Å². The molecule has 0 aliphatic heterocycles. The summed E-state index contributed by atoms with van der Waals surface area (Å²) in [5.74, 6) is 0. The minimum atomic E-state index is -0.475. The molecule has 0 amide bonds. The zero-order chi connectivity index (χ0) is 14.5. The van der Waals surface area contributed by atoms with Gasteiger partial charge in [-0.2, -0.15) is 0 Å².